The highest BCUT2D eigenvalue weighted by Crippen LogP contribution is 2.11. The highest BCUT2D eigenvalue weighted by molar-refractivity contribution is 5.74. The highest BCUT2D eigenvalue weighted by atomic mass is 16.4. The molecular weight excluding hydrogens is 204 g/mol. The summed E-state index contributed by atoms with van der Waals surface area (Å²) in [4.78, 5) is 19.3. The SMILES string of the molecule is C[C@H](Cc1cnc2ccccc2n1)C(=O)O. The molecule has 1 N–H and O–H groups in total. The molecule has 0 spiro atoms. The topological polar surface area (TPSA) is 63.1 Å². The van der Waals surface area contributed by atoms with Crippen LogP contribution in [0.3, 0.4) is 0 Å². The molecule has 0 fully saturated rings. The van der Waals surface area contributed by atoms with E-state index in [-0.39, 0.29) is 0 Å². The molecule has 1 aromatic heterocycles. The third-order valence-electron chi connectivity index (χ3n) is 2.44. The fourth-order valence-corrected chi connectivity index (χ4v) is 1.49. The van der Waals surface area contributed by atoms with E-state index in [0.717, 1.165) is 11.0 Å². The summed E-state index contributed by atoms with van der Waals surface area (Å²) in [6, 6.07) is 7.54. The summed E-state index contributed by atoms with van der Waals surface area (Å²) >= 11 is 0. The average Bonchev–Trinajstić information content (AvgIpc) is 2.28. The molecule has 1 aromatic carbocycles. The van der Waals surface area contributed by atoms with E-state index in [4.69, 9.17) is 5.11 Å². The minimum Gasteiger partial charge on any atom is -0.481 e. The van der Waals surface area contributed by atoms with Crippen LogP contribution in [0.4, 0.5) is 0 Å². The van der Waals surface area contributed by atoms with Gasteiger partial charge in [-0.2, -0.15) is 0 Å². The van der Waals surface area contributed by atoms with Crippen LogP contribution in [0, 0.1) is 5.92 Å². The Balaban J connectivity index is 2.29. The van der Waals surface area contributed by atoms with Gasteiger partial charge in [0.2, 0.25) is 0 Å². The monoisotopic (exact) mass is 216 g/mol. The van der Waals surface area contributed by atoms with Gasteiger partial charge in [-0.1, -0.05) is 19.1 Å². The van der Waals surface area contributed by atoms with Gasteiger partial charge in [-0.15, -0.1) is 0 Å². The predicted octanol–water partition coefficient (Wildman–Crippen LogP) is 1.89. The maximum atomic E-state index is 10.7. The molecule has 16 heavy (non-hydrogen) atoms. The zero-order valence-electron chi connectivity index (χ0n) is 8.92. The van der Waals surface area contributed by atoms with E-state index < -0.39 is 11.9 Å². The van der Waals surface area contributed by atoms with Crippen LogP contribution in [0.2, 0.25) is 0 Å². The summed E-state index contributed by atoms with van der Waals surface area (Å²) < 4.78 is 0. The normalized spacial score (nSPS) is 12.6. The lowest BCUT2D eigenvalue weighted by molar-refractivity contribution is -0.141. The molecule has 82 valence electrons. The number of carbonyl (C=O) groups is 1. The minimum absolute atomic E-state index is 0.410. The van der Waals surface area contributed by atoms with Gasteiger partial charge in [0.15, 0.2) is 0 Å². The van der Waals surface area contributed by atoms with Crippen molar-refractivity contribution < 1.29 is 9.90 Å². The number of hydrogen-bond acceptors (Lipinski definition) is 3. The van der Waals surface area contributed by atoms with Gasteiger partial charge in [-0.3, -0.25) is 9.78 Å². The van der Waals surface area contributed by atoms with Crippen molar-refractivity contribution in [3.63, 3.8) is 0 Å². The van der Waals surface area contributed by atoms with Gasteiger partial charge < -0.3 is 5.11 Å². The summed E-state index contributed by atoms with van der Waals surface area (Å²) in [5.74, 6) is -1.24. The van der Waals surface area contributed by atoms with Crippen LogP contribution in [-0.2, 0) is 11.2 Å². The summed E-state index contributed by atoms with van der Waals surface area (Å²) in [6.45, 7) is 1.67. The first-order valence-corrected chi connectivity index (χ1v) is 5.10. The molecule has 4 nitrogen and oxygen atoms in total. The predicted molar refractivity (Wildman–Crippen MR) is 60.0 cm³/mol. The zero-order valence-corrected chi connectivity index (χ0v) is 8.92. The van der Waals surface area contributed by atoms with Crippen molar-refractivity contribution in [2.45, 2.75) is 13.3 Å². The summed E-state index contributed by atoms with van der Waals surface area (Å²) in [6.07, 6.45) is 2.05. The highest BCUT2D eigenvalue weighted by Gasteiger charge is 2.12. The molecule has 0 radical (unpaired) electrons. The molecule has 0 saturated carbocycles. The maximum absolute atomic E-state index is 10.7. The van der Waals surface area contributed by atoms with Crippen molar-refractivity contribution in [2.24, 2.45) is 5.92 Å². The Kier molecular flexibility index (Phi) is 2.81. The zero-order chi connectivity index (χ0) is 11.5. The Labute approximate surface area is 93.0 Å². The lowest BCUT2D eigenvalue weighted by Crippen LogP contribution is -2.13. The van der Waals surface area contributed by atoms with E-state index >= 15 is 0 Å². The van der Waals surface area contributed by atoms with Gasteiger partial charge >= 0.3 is 5.97 Å². The second-order valence-corrected chi connectivity index (χ2v) is 3.79. The quantitative estimate of drug-likeness (QED) is 0.851. The van der Waals surface area contributed by atoms with E-state index in [0.29, 0.717) is 12.1 Å². The van der Waals surface area contributed by atoms with Crippen LogP contribution < -0.4 is 0 Å². The molecule has 0 unspecified atom stereocenters. The molecule has 1 heterocycles. The fraction of sp³-hybridized carbons (Fsp3) is 0.250. The number of fused-ring (bicyclic) bond motifs is 1. The van der Waals surface area contributed by atoms with Gasteiger partial charge in [0, 0.05) is 12.6 Å². The molecule has 0 saturated heterocycles. The number of hydrogen-bond donors (Lipinski definition) is 1. The molecule has 2 rings (SSSR count). The van der Waals surface area contributed by atoms with E-state index in [1.54, 1.807) is 13.1 Å². The third kappa shape index (κ3) is 2.16. The molecular formula is C12H12N2O2. The Morgan fingerprint density at radius 3 is 2.75 bits per heavy atom. The lowest BCUT2D eigenvalue weighted by atomic mass is 10.1. The smallest absolute Gasteiger partial charge is 0.306 e. The maximum Gasteiger partial charge on any atom is 0.306 e. The largest absolute Gasteiger partial charge is 0.481 e. The van der Waals surface area contributed by atoms with Crippen molar-refractivity contribution >= 4 is 17.0 Å². The van der Waals surface area contributed by atoms with Crippen molar-refractivity contribution in [2.75, 3.05) is 0 Å². The van der Waals surface area contributed by atoms with Gasteiger partial charge in [0.05, 0.1) is 22.6 Å². The van der Waals surface area contributed by atoms with E-state index in [9.17, 15) is 4.79 Å². The Morgan fingerprint density at radius 1 is 1.38 bits per heavy atom. The minimum atomic E-state index is -0.810. The average molecular weight is 216 g/mol. The lowest BCUT2D eigenvalue weighted by Gasteiger charge is -2.05. The molecule has 2 aromatic rings. The number of benzene rings is 1. The molecule has 4 heteroatoms. The first-order valence-electron chi connectivity index (χ1n) is 5.10. The molecule has 0 aliphatic rings. The summed E-state index contributed by atoms with van der Waals surface area (Å²) in [5, 5.41) is 8.81. The number of nitrogens with zero attached hydrogens (tertiary/aromatic N) is 2. The second-order valence-electron chi connectivity index (χ2n) is 3.79. The number of aliphatic carboxylic acids is 1. The van der Waals surface area contributed by atoms with E-state index in [2.05, 4.69) is 9.97 Å². The van der Waals surface area contributed by atoms with Crippen LogP contribution in [0.25, 0.3) is 11.0 Å². The van der Waals surface area contributed by atoms with Gasteiger partial charge in [0.1, 0.15) is 0 Å². The third-order valence-corrected chi connectivity index (χ3v) is 2.44. The first kappa shape index (κ1) is 10.5. The summed E-state index contributed by atoms with van der Waals surface area (Å²) in [5.41, 5.74) is 2.35. The van der Waals surface area contributed by atoms with Crippen molar-refractivity contribution in [1.29, 1.82) is 0 Å². The Bertz CT molecular complexity index is 525. The van der Waals surface area contributed by atoms with Gasteiger partial charge in [0.25, 0.3) is 0 Å². The molecule has 0 bridgehead atoms. The molecule has 0 amide bonds. The first-order chi connectivity index (χ1) is 7.66. The number of carboxylic acids is 1. The molecule has 0 aliphatic heterocycles. The second kappa shape index (κ2) is 4.26. The van der Waals surface area contributed by atoms with Gasteiger partial charge in [-0.05, 0) is 12.1 Å². The van der Waals surface area contributed by atoms with Gasteiger partial charge in [-0.25, -0.2) is 4.98 Å². The van der Waals surface area contributed by atoms with Crippen molar-refractivity contribution in [3.8, 4) is 0 Å². The number of carboxylic acid groups (broad SMARTS) is 1. The molecule has 0 aliphatic carbocycles. The number of aromatic nitrogens is 2. The van der Waals surface area contributed by atoms with E-state index in [1.807, 2.05) is 24.3 Å². The standard InChI is InChI=1S/C12H12N2O2/c1-8(12(15)16)6-9-7-13-10-4-2-3-5-11(10)14-9/h2-5,7-8H,6H2,1H3,(H,15,16)/t8-/m1/s1. The number of para-hydroxylation sites is 2. The Hall–Kier alpha value is -1.97. The van der Waals surface area contributed by atoms with E-state index in [1.165, 1.54) is 0 Å². The Morgan fingerprint density at radius 2 is 2.06 bits per heavy atom. The molecule has 1 atom stereocenters. The van der Waals surface area contributed by atoms with Crippen LogP contribution >= 0.6 is 0 Å². The van der Waals surface area contributed by atoms with Crippen molar-refractivity contribution in [3.05, 3.63) is 36.2 Å². The van der Waals surface area contributed by atoms with Crippen molar-refractivity contribution in [1.82, 2.24) is 9.97 Å². The van der Waals surface area contributed by atoms with Crippen LogP contribution in [0.5, 0.6) is 0 Å². The summed E-state index contributed by atoms with van der Waals surface area (Å²) in [7, 11) is 0. The fourth-order valence-electron chi connectivity index (χ4n) is 1.49. The van der Waals surface area contributed by atoms with Crippen LogP contribution in [-0.4, -0.2) is 21.0 Å². The van der Waals surface area contributed by atoms with Crippen LogP contribution in [0.15, 0.2) is 30.5 Å². The van der Waals surface area contributed by atoms with Crippen LogP contribution in [0.1, 0.15) is 12.6 Å². The number of rotatable bonds is 3.